The first-order chi connectivity index (χ1) is 13.3. The van der Waals surface area contributed by atoms with Gasteiger partial charge in [0.1, 0.15) is 17.6 Å². The second-order valence-corrected chi connectivity index (χ2v) is 9.39. The number of nitrogens with two attached hydrogens (primary N) is 1. The Morgan fingerprint density at radius 1 is 1.29 bits per heavy atom. The van der Waals surface area contributed by atoms with Gasteiger partial charge in [-0.15, -0.1) is 11.3 Å². The van der Waals surface area contributed by atoms with E-state index in [9.17, 15) is 17.6 Å². The molecule has 0 saturated carbocycles. The molecule has 9 heteroatoms. The normalized spacial score (nSPS) is 16.7. The van der Waals surface area contributed by atoms with Crippen molar-refractivity contribution in [3.05, 3.63) is 58.9 Å². The van der Waals surface area contributed by atoms with E-state index in [1.54, 1.807) is 25.1 Å². The van der Waals surface area contributed by atoms with Crippen molar-refractivity contribution in [1.82, 2.24) is 5.32 Å². The van der Waals surface area contributed by atoms with Crippen LogP contribution in [0.2, 0.25) is 0 Å². The van der Waals surface area contributed by atoms with Crippen LogP contribution < -0.4 is 15.2 Å². The zero-order valence-electron chi connectivity index (χ0n) is 14.9. The van der Waals surface area contributed by atoms with E-state index in [-0.39, 0.29) is 9.96 Å². The third-order valence-electron chi connectivity index (χ3n) is 4.74. The molecule has 3 aromatic rings. The maximum Gasteiger partial charge on any atom is 0.349 e. The van der Waals surface area contributed by atoms with E-state index in [2.05, 4.69) is 5.32 Å². The Hall–Kier alpha value is -2.49. The van der Waals surface area contributed by atoms with Crippen LogP contribution in [-0.4, -0.2) is 20.9 Å². The van der Waals surface area contributed by atoms with Crippen molar-refractivity contribution in [3.63, 3.8) is 0 Å². The summed E-state index contributed by atoms with van der Waals surface area (Å²) in [7, 11) is -4.12. The van der Waals surface area contributed by atoms with Crippen molar-refractivity contribution in [3.8, 4) is 5.75 Å². The molecular weight excluding hydrogens is 403 g/mol. The van der Waals surface area contributed by atoms with Crippen LogP contribution in [0, 0.1) is 12.7 Å². The summed E-state index contributed by atoms with van der Waals surface area (Å²) in [5, 5.41) is 3.55. The number of hydrogen-bond donors (Lipinski definition) is 2. The average molecular weight is 420 g/mol. The lowest BCUT2D eigenvalue weighted by molar-refractivity contribution is -0.120. The van der Waals surface area contributed by atoms with Gasteiger partial charge in [-0.05, 0) is 65.8 Å². The third-order valence-corrected chi connectivity index (χ3v) is 7.85. The number of aryl methyl sites for hydroxylation is 1. The van der Waals surface area contributed by atoms with Crippen LogP contribution in [0.15, 0.2) is 40.6 Å². The number of benzene rings is 2. The fourth-order valence-corrected chi connectivity index (χ4v) is 6.03. The number of carbonyl (C=O) groups excluding carboxylic acids is 1. The summed E-state index contributed by atoms with van der Waals surface area (Å²) in [6.45, 7) is 2.23. The van der Waals surface area contributed by atoms with E-state index in [0.717, 1.165) is 16.9 Å². The topological polar surface area (TPSA) is 98.5 Å². The molecule has 146 valence electrons. The maximum absolute atomic E-state index is 13.5. The number of thiophene rings is 1. The molecule has 1 aliphatic heterocycles. The molecule has 0 saturated heterocycles. The predicted octanol–water partition coefficient (Wildman–Crippen LogP) is 2.79. The summed E-state index contributed by atoms with van der Waals surface area (Å²) in [5.74, 6) is -0.877. The highest BCUT2D eigenvalue weighted by molar-refractivity contribution is 7.89. The van der Waals surface area contributed by atoms with Crippen LogP contribution in [0.4, 0.5) is 4.39 Å². The molecule has 6 nitrogen and oxygen atoms in total. The van der Waals surface area contributed by atoms with Gasteiger partial charge >= 0.3 is 10.1 Å². The summed E-state index contributed by atoms with van der Waals surface area (Å²) in [6.07, 6.45) is 0.702. The van der Waals surface area contributed by atoms with Crippen LogP contribution in [0.5, 0.6) is 5.75 Å². The standard InChI is InChI=1S/C19H17FN2O4S2/c1-10-14-8-12(20)3-5-16(14)27-19(10)28(24,25)26-13-4-2-11-6-7-22-17(18(21)23)15(11)9-13/h2-5,8-9,17,22H,6-7H2,1H3,(H2,21,23). The first-order valence-electron chi connectivity index (χ1n) is 8.55. The van der Waals surface area contributed by atoms with Crippen molar-refractivity contribution in [1.29, 1.82) is 0 Å². The molecule has 28 heavy (non-hydrogen) atoms. The molecule has 0 bridgehead atoms. The Balaban J connectivity index is 1.72. The van der Waals surface area contributed by atoms with E-state index in [4.69, 9.17) is 9.92 Å². The molecule has 4 rings (SSSR count). The molecule has 3 N–H and O–H groups in total. The number of rotatable bonds is 4. The van der Waals surface area contributed by atoms with Crippen molar-refractivity contribution in [2.24, 2.45) is 5.73 Å². The fourth-order valence-electron chi connectivity index (χ4n) is 3.41. The van der Waals surface area contributed by atoms with Crippen molar-refractivity contribution in [2.75, 3.05) is 6.54 Å². The summed E-state index contributed by atoms with van der Waals surface area (Å²) in [5.41, 5.74) is 7.41. The molecular formula is C19H17FN2O4S2. The van der Waals surface area contributed by atoms with Gasteiger partial charge in [0.25, 0.3) is 0 Å². The van der Waals surface area contributed by atoms with Crippen LogP contribution in [0.1, 0.15) is 22.7 Å². The lowest BCUT2D eigenvalue weighted by Gasteiger charge is -2.25. The summed E-state index contributed by atoms with van der Waals surface area (Å²) in [4.78, 5) is 11.7. The second kappa shape index (κ2) is 6.84. The third kappa shape index (κ3) is 3.25. The molecule has 2 aromatic carbocycles. The molecule has 0 radical (unpaired) electrons. The first-order valence-corrected chi connectivity index (χ1v) is 10.8. The molecule has 0 fully saturated rings. The minimum atomic E-state index is -4.12. The Labute approximate surface area is 165 Å². The SMILES string of the molecule is Cc1c(S(=O)(=O)Oc2ccc3c(c2)C(C(N)=O)NCC3)sc2ccc(F)cc12. The number of hydrogen-bond acceptors (Lipinski definition) is 6. The Bertz CT molecular complexity index is 1200. The fraction of sp³-hybridized carbons (Fsp3) is 0.211. The van der Waals surface area contributed by atoms with Gasteiger partial charge in [-0.3, -0.25) is 4.79 Å². The van der Waals surface area contributed by atoms with E-state index in [0.29, 0.717) is 34.2 Å². The van der Waals surface area contributed by atoms with Gasteiger partial charge in [0.05, 0.1) is 0 Å². The number of carbonyl (C=O) groups is 1. The predicted molar refractivity (Wildman–Crippen MR) is 104 cm³/mol. The van der Waals surface area contributed by atoms with Gasteiger partial charge in [-0.2, -0.15) is 8.42 Å². The van der Waals surface area contributed by atoms with Gasteiger partial charge in [0, 0.05) is 11.2 Å². The van der Waals surface area contributed by atoms with Gasteiger partial charge in [-0.1, -0.05) is 6.07 Å². The lowest BCUT2D eigenvalue weighted by atomic mass is 9.94. The van der Waals surface area contributed by atoms with E-state index >= 15 is 0 Å². The molecule has 2 heterocycles. The Morgan fingerprint density at radius 2 is 2.07 bits per heavy atom. The van der Waals surface area contributed by atoms with E-state index in [1.165, 1.54) is 18.2 Å². The molecule has 1 amide bonds. The molecule has 1 unspecified atom stereocenters. The minimum absolute atomic E-state index is 0.0235. The smallest absolute Gasteiger partial charge is 0.349 e. The van der Waals surface area contributed by atoms with Crippen LogP contribution in [0.3, 0.4) is 0 Å². The quantitative estimate of drug-likeness (QED) is 0.633. The van der Waals surface area contributed by atoms with Gasteiger partial charge < -0.3 is 15.2 Å². The molecule has 0 aliphatic carbocycles. The van der Waals surface area contributed by atoms with Crippen LogP contribution in [0.25, 0.3) is 10.1 Å². The number of nitrogens with one attached hydrogen (secondary N) is 1. The molecule has 0 spiro atoms. The van der Waals surface area contributed by atoms with Crippen molar-refractivity contribution < 1.29 is 21.8 Å². The van der Waals surface area contributed by atoms with Crippen LogP contribution >= 0.6 is 11.3 Å². The number of fused-ring (bicyclic) bond motifs is 2. The lowest BCUT2D eigenvalue weighted by Crippen LogP contribution is -2.38. The molecule has 1 aromatic heterocycles. The Kier molecular flexibility index (Phi) is 4.60. The molecule has 1 aliphatic rings. The second-order valence-electron chi connectivity index (χ2n) is 6.59. The van der Waals surface area contributed by atoms with Crippen molar-refractivity contribution >= 4 is 37.4 Å². The highest BCUT2D eigenvalue weighted by Crippen LogP contribution is 2.36. The zero-order chi connectivity index (χ0) is 20.1. The number of primary amides is 1. The summed E-state index contributed by atoms with van der Waals surface area (Å²) in [6, 6.07) is 8.27. The highest BCUT2D eigenvalue weighted by Gasteiger charge is 2.27. The summed E-state index contributed by atoms with van der Waals surface area (Å²) < 4.78 is 45.2. The zero-order valence-corrected chi connectivity index (χ0v) is 16.5. The van der Waals surface area contributed by atoms with E-state index in [1.807, 2.05) is 0 Å². The largest absolute Gasteiger partial charge is 0.378 e. The highest BCUT2D eigenvalue weighted by atomic mass is 32.3. The van der Waals surface area contributed by atoms with Crippen LogP contribution in [-0.2, 0) is 21.3 Å². The number of amides is 1. The summed E-state index contributed by atoms with van der Waals surface area (Å²) >= 11 is 1.03. The van der Waals surface area contributed by atoms with Crippen molar-refractivity contribution in [2.45, 2.75) is 23.6 Å². The van der Waals surface area contributed by atoms with E-state index < -0.39 is 27.9 Å². The Morgan fingerprint density at radius 3 is 2.82 bits per heavy atom. The average Bonchev–Trinajstić information content (AvgIpc) is 2.98. The first kappa shape index (κ1) is 18.9. The maximum atomic E-state index is 13.5. The van der Waals surface area contributed by atoms with Gasteiger partial charge in [0.2, 0.25) is 5.91 Å². The van der Waals surface area contributed by atoms with Gasteiger partial charge in [-0.25, -0.2) is 4.39 Å². The minimum Gasteiger partial charge on any atom is -0.378 e. The number of halogens is 1. The van der Waals surface area contributed by atoms with Gasteiger partial charge in [0.15, 0.2) is 4.21 Å². The monoisotopic (exact) mass is 420 g/mol. The molecule has 1 atom stereocenters.